The number of hydrogen-bond donors (Lipinski definition) is 1. The predicted molar refractivity (Wildman–Crippen MR) is 51.3 cm³/mol. The number of ether oxygens (including phenoxy) is 1. The van der Waals surface area contributed by atoms with E-state index < -0.39 is 11.9 Å². The Hall–Kier alpha value is -0.610. The van der Waals surface area contributed by atoms with Crippen molar-refractivity contribution in [3.05, 3.63) is 28.5 Å². The van der Waals surface area contributed by atoms with Gasteiger partial charge in [0, 0.05) is 4.47 Å². The first kappa shape index (κ1) is 10.5. The van der Waals surface area contributed by atoms with E-state index in [2.05, 4.69) is 15.9 Å². The lowest BCUT2D eigenvalue weighted by molar-refractivity contribution is 0.125. The van der Waals surface area contributed by atoms with Crippen LogP contribution in [0.4, 0.5) is 4.39 Å². The first-order chi connectivity index (χ1) is 6.13. The lowest BCUT2D eigenvalue weighted by atomic mass is 10.3. The van der Waals surface area contributed by atoms with E-state index in [1.165, 1.54) is 12.1 Å². The number of aliphatic hydroxyl groups excluding tert-OH is 1. The third-order valence-electron chi connectivity index (χ3n) is 1.48. The summed E-state index contributed by atoms with van der Waals surface area (Å²) in [5.74, 6) is -0.278. The Morgan fingerprint density at radius 3 is 2.92 bits per heavy atom. The summed E-state index contributed by atoms with van der Waals surface area (Å²) in [5.41, 5.74) is 0. The van der Waals surface area contributed by atoms with E-state index in [-0.39, 0.29) is 12.4 Å². The molecule has 0 aliphatic heterocycles. The third kappa shape index (κ3) is 2.97. The molecule has 1 aromatic rings. The van der Waals surface area contributed by atoms with E-state index in [4.69, 9.17) is 9.84 Å². The van der Waals surface area contributed by atoms with Crippen LogP contribution in [0.3, 0.4) is 0 Å². The molecular weight excluding hydrogens is 239 g/mol. The molecule has 4 heteroatoms. The Morgan fingerprint density at radius 1 is 1.62 bits per heavy atom. The molecule has 0 saturated heterocycles. The zero-order valence-electron chi connectivity index (χ0n) is 7.13. The molecule has 1 atom stereocenters. The Bertz CT molecular complexity index is 291. The molecule has 0 amide bonds. The molecule has 0 radical (unpaired) electrons. The number of hydrogen-bond acceptors (Lipinski definition) is 2. The second kappa shape index (κ2) is 4.58. The van der Waals surface area contributed by atoms with Gasteiger partial charge < -0.3 is 9.84 Å². The van der Waals surface area contributed by atoms with Crippen molar-refractivity contribution >= 4 is 15.9 Å². The van der Waals surface area contributed by atoms with Crippen LogP contribution in [0.15, 0.2) is 22.7 Å². The van der Waals surface area contributed by atoms with E-state index in [0.717, 1.165) is 4.47 Å². The fourth-order valence-corrected chi connectivity index (χ4v) is 1.16. The first-order valence-corrected chi connectivity index (χ1v) is 4.65. The Labute approximate surface area is 84.5 Å². The zero-order chi connectivity index (χ0) is 9.84. The number of halogens is 2. The maximum Gasteiger partial charge on any atom is 0.165 e. The molecule has 13 heavy (non-hydrogen) atoms. The summed E-state index contributed by atoms with van der Waals surface area (Å²) in [7, 11) is 0. The summed E-state index contributed by atoms with van der Waals surface area (Å²) in [6.45, 7) is 1.53. The highest BCUT2D eigenvalue weighted by Crippen LogP contribution is 2.22. The van der Waals surface area contributed by atoms with Gasteiger partial charge in [0.1, 0.15) is 6.10 Å². The van der Waals surface area contributed by atoms with E-state index in [0.29, 0.717) is 0 Å². The van der Waals surface area contributed by atoms with Gasteiger partial charge in [0.15, 0.2) is 11.6 Å². The van der Waals surface area contributed by atoms with Gasteiger partial charge in [-0.1, -0.05) is 15.9 Å². The van der Waals surface area contributed by atoms with Gasteiger partial charge in [-0.05, 0) is 25.1 Å². The summed E-state index contributed by atoms with van der Waals surface area (Å²) in [6.07, 6.45) is -0.399. The predicted octanol–water partition coefficient (Wildman–Crippen LogP) is 2.35. The van der Waals surface area contributed by atoms with Gasteiger partial charge in [0.25, 0.3) is 0 Å². The smallest absolute Gasteiger partial charge is 0.165 e. The number of rotatable bonds is 3. The van der Waals surface area contributed by atoms with Crippen LogP contribution >= 0.6 is 15.9 Å². The van der Waals surface area contributed by atoms with Crippen molar-refractivity contribution in [2.24, 2.45) is 0 Å². The summed E-state index contributed by atoms with van der Waals surface area (Å²) in [4.78, 5) is 0. The van der Waals surface area contributed by atoms with E-state index in [9.17, 15) is 4.39 Å². The van der Waals surface area contributed by atoms with Crippen molar-refractivity contribution in [1.82, 2.24) is 0 Å². The molecule has 0 fully saturated rings. The van der Waals surface area contributed by atoms with Crippen LogP contribution in [0.1, 0.15) is 6.92 Å². The van der Waals surface area contributed by atoms with Gasteiger partial charge in [-0.25, -0.2) is 4.39 Å². The fraction of sp³-hybridized carbons (Fsp3) is 0.333. The third-order valence-corrected chi connectivity index (χ3v) is 1.97. The van der Waals surface area contributed by atoms with Gasteiger partial charge >= 0.3 is 0 Å². The SMILES string of the molecule is C[C@@H](CO)Oc1cc(Br)ccc1F. The number of aliphatic hydroxyl groups is 1. The number of benzene rings is 1. The quantitative estimate of drug-likeness (QED) is 0.890. The standard InChI is InChI=1S/C9H10BrFO2/c1-6(5-12)13-9-4-7(10)2-3-8(9)11/h2-4,6,12H,5H2,1H3/t6-/m0/s1. The Morgan fingerprint density at radius 2 is 2.31 bits per heavy atom. The molecule has 0 bridgehead atoms. The van der Waals surface area contributed by atoms with Crippen molar-refractivity contribution in [1.29, 1.82) is 0 Å². The second-order valence-corrected chi connectivity index (χ2v) is 3.60. The van der Waals surface area contributed by atoms with Crippen LogP contribution < -0.4 is 4.74 Å². The summed E-state index contributed by atoms with van der Waals surface area (Å²) < 4.78 is 18.9. The van der Waals surface area contributed by atoms with Crippen LogP contribution in [-0.2, 0) is 0 Å². The van der Waals surface area contributed by atoms with Crippen molar-refractivity contribution in [2.45, 2.75) is 13.0 Å². The van der Waals surface area contributed by atoms with Gasteiger partial charge in [0.2, 0.25) is 0 Å². The second-order valence-electron chi connectivity index (χ2n) is 2.69. The monoisotopic (exact) mass is 248 g/mol. The highest BCUT2D eigenvalue weighted by atomic mass is 79.9. The lowest BCUT2D eigenvalue weighted by Crippen LogP contribution is -2.16. The minimum atomic E-state index is -0.427. The molecule has 2 nitrogen and oxygen atoms in total. The molecule has 0 heterocycles. The maximum atomic E-state index is 13.0. The van der Waals surface area contributed by atoms with Gasteiger partial charge in [0.05, 0.1) is 6.61 Å². The topological polar surface area (TPSA) is 29.5 Å². The fourth-order valence-electron chi connectivity index (χ4n) is 0.822. The molecule has 1 rings (SSSR count). The van der Waals surface area contributed by atoms with Crippen molar-refractivity contribution in [3.63, 3.8) is 0 Å². The van der Waals surface area contributed by atoms with Crippen LogP contribution in [0.2, 0.25) is 0 Å². The Kier molecular flexibility index (Phi) is 3.69. The maximum absolute atomic E-state index is 13.0. The van der Waals surface area contributed by atoms with Gasteiger partial charge in [-0.2, -0.15) is 0 Å². The van der Waals surface area contributed by atoms with E-state index >= 15 is 0 Å². The van der Waals surface area contributed by atoms with Crippen LogP contribution in [0, 0.1) is 5.82 Å². The minimum Gasteiger partial charge on any atom is -0.485 e. The molecule has 72 valence electrons. The lowest BCUT2D eigenvalue weighted by Gasteiger charge is -2.12. The van der Waals surface area contributed by atoms with Crippen molar-refractivity contribution < 1.29 is 14.2 Å². The van der Waals surface area contributed by atoms with Crippen LogP contribution in [-0.4, -0.2) is 17.8 Å². The van der Waals surface area contributed by atoms with Gasteiger partial charge in [-0.15, -0.1) is 0 Å². The highest BCUT2D eigenvalue weighted by Gasteiger charge is 2.07. The average Bonchev–Trinajstić information content (AvgIpc) is 2.11. The zero-order valence-corrected chi connectivity index (χ0v) is 8.71. The molecule has 0 spiro atoms. The van der Waals surface area contributed by atoms with Crippen molar-refractivity contribution in [2.75, 3.05) is 6.61 Å². The molecule has 0 aliphatic rings. The minimum absolute atomic E-state index is 0.133. The Balaban J connectivity index is 2.81. The molecule has 0 aliphatic carbocycles. The largest absolute Gasteiger partial charge is 0.485 e. The molecule has 1 N–H and O–H groups in total. The van der Waals surface area contributed by atoms with E-state index in [1.807, 2.05) is 0 Å². The molecule has 0 saturated carbocycles. The summed E-state index contributed by atoms with van der Waals surface area (Å²) >= 11 is 3.20. The normalized spacial score (nSPS) is 12.6. The summed E-state index contributed by atoms with van der Waals surface area (Å²) in [6, 6.07) is 4.43. The molecule has 0 unspecified atom stereocenters. The van der Waals surface area contributed by atoms with Crippen LogP contribution in [0.5, 0.6) is 5.75 Å². The summed E-state index contributed by atoms with van der Waals surface area (Å²) in [5, 5.41) is 8.70. The average molecular weight is 249 g/mol. The molecule has 1 aromatic carbocycles. The van der Waals surface area contributed by atoms with Gasteiger partial charge in [-0.3, -0.25) is 0 Å². The molecule has 0 aromatic heterocycles. The molecular formula is C9H10BrFO2. The first-order valence-electron chi connectivity index (χ1n) is 3.86. The van der Waals surface area contributed by atoms with Crippen molar-refractivity contribution in [3.8, 4) is 5.75 Å². The van der Waals surface area contributed by atoms with E-state index in [1.54, 1.807) is 13.0 Å². The van der Waals surface area contributed by atoms with Crippen LogP contribution in [0.25, 0.3) is 0 Å². The highest BCUT2D eigenvalue weighted by molar-refractivity contribution is 9.10.